The first-order valence-corrected chi connectivity index (χ1v) is 8.46. The Hall–Kier alpha value is -2.46. The first-order chi connectivity index (χ1) is 11.1. The molecule has 24 heavy (non-hydrogen) atoms. The summed E-state index contributed by atoms with van der Waals surface area (Å²) in [5, 5.41) is 2.52. The highest BCUT2D eigenvalue weighted by Crippen LogP contribution is 2.13. The van der Waals surface area contributed by atoms with Gasteiger partial charge in [-0.1, -0.05) is 0 Å². The zero-order valence-corrected chi connectivity index (χ0v) is 14.1. The second kappa shape index (κ2) is 8.41. The van der Waals surface area contributed by atoms with Crippen LogP contribution in [-0.2, 0) is 29.1 Å². The van der Waals surface area contributed by atoms with Crippen LogP contribution in [0.5, 0.6) is 0 Å². The number of anilines is 1. The highest BCUT2D eigenvalue weighted by Gasteiger charge is 2.17. The predicted octanol–water partition coefficient (Wildman–Crippen LogP) is -0.270. The van der Waals surface area contributed by atoms with E-state index in [4.69, 9.17) is 10.5 Å². The van der Waals surface area contributed by atoms with Crippen LogP contribution in [0.1, 0.15) is 20.3 Å². The van der Waals surface area contributed by atoms with Crippen LogP contribution in [0.2, 0.25) is 0 Å². The number of carbonyl (C=O) groups excluding carboxylic acids is 3. The molecule has 9 nitrogen and oxygen atoms in total. The van der Waals surface area contributed by atoms with Gasteiger partial charge in [0.05, 0.1) is 11.3 Å². The van der Waals surface area contributed by atoms with Crippen molar-refractivity contribution in [1.82, 2.24) is 4.72 Å². The van der Waals surface area contributed by atoms with Gasteiger partial charge in [0.25, 0.3) is 5.91 Å². The minimum atomic E-state index is -3.81. The topological polar surface area (TPSA) is 145 Å². The minimum absolute atomic E-state index is 0.0181. The van der Waals surface area contributed by atoms with E-state index in [1.807, 2.05) is 0 Å². The van der Waals surface area contributed by atoms with Gasteiger partial charge in [0.1, 0.15) is 0 Å². The Morgan fingerprint density at radius 3 is 2.29 bits per heavy atom. The lowest BCUT2D eigenvalue weighted by Gasteiger charge is -2.10. The Balaban J connectivity index is 2.56. The van der Waals surface area contributed by atoms with Crippen molar-refractivity contribution in [2.24, 2.45) is 5.73 Å². The zero-order chi connectivity index (χ0) is 18.3. The van der Waals surface area contributed by atoms with E-state index in [-0.39, 0.29) is 23.8 Å². The average molecular weight is 357 g/mol. The number of nitrogens with one attached hydrogen (secondary N) is 2. The second-order valence-electron chi connectivity index (χ2n) is 4.89. The first-order valence-electron chi connectivity index (χ1n) is 6.98. The van der Waals surface area contributed by atoms with Gasteiger partial charge < -0.3 is 15.8 Å². The number of amides is 2. The smallest absolute Gasteiger partial charge is 0.307 e. The molecule has 0 spiro atoms. The Morgan fingerprint density at radius 1 is 1.21 bits per heavy atom. The van der Waals surface area contributed by atoms with Crippen molar-refractivity contribution in [3.63, 3.8) is 0 Å². The molecule has 0 aromatic heterocycles. The summed E-state index contributed by atoms with van der Waals surface area (Å²) in [7, 11) is -3.81. The van der Waals surface area contributed by atoms with Gasteiger partial charge in [0.2, 0.25) is 15.9 Å². The van der Waals surface area contributed by atoms with E-state index in [1.54, 1.807) is 0 Å². The van der Waals surface area contributed by atoms with Crippen molar-refractivity contribution in [2.45, 2.75) is 31.3 Å². The molecule has 1 aromatic rings. The summed E-state index contributed by atoms with van der Waals surface area (Å²) in [4.78, 5) is 33.1. The number of carbonyl (C=O) groups is 3. The molecule has 0 heterocycles. The molecule has 1 rings (SSSR count). The largest absolute Gasteiger partial charge is 0.453 e. The Kier molecular flexibility index (Phi) is 6.86. The van der Waals surface area contributed by atoms with E-state index >= 15 is 0 Å². The maximum atomic E-state index is 12.1. The van der Waals surface area contributed by atoms with E-state index in [2.05, 4.69) is 10.0 Å². The molecular weight excluding hydrogens is 338 g/mol. The van der Waals surface area contributed by atoms with Crippen LogP contribution < -0.4 is 15.8 Å². The van der Waals surface area contributed by atoms with E-state index in [0.29, 0.717) is 5.69 Å². The lowest BCUT2D eigenvalue weighted by Crippen LogP contribution is -2.32. The Labute approximate surface area is 139 Å². The quantitative estimate of drug-likeness (QED) is 0.546. The highest BCUT2D eigenvalue weighted by atomic mass is 32.2. The summed E-state index contributed by atoms with van der Waals surface area (Å²) in [6.07, 6.45) is -1.32. The third kappa shape index (κ3) is 6.34. The SMILES string of the molecule is CC(=O)Nc1ccc(S(=O)(=O)NCCC(=O)O[C@H](C)C(N)=O)cc1. The third-order valence-electron chi connectivity index (χ3n) is 2.82. The summed E-state index contributed by atoms with van der Waals surface area (Å²) in [5.74, 6) is -1.80. The molecule has 0 saturated carbocycles. The molecule has 0 unspecified atom stereocenters. The van der Waals surface area contributed by atoms with E-state index in [1.165, 1.54) is 38.1 Å². The standard InChI is InChI=1S/C14H19N3O6S/c1-9(14(15)20)23-13(19)7-8-16-24(21,22)12-5-3-11(4-6-12)17-10(2)18/h3-6,9,16H,7-8H2,1-2H3,(H2,15,20)(H,17,18)/t9-/m1/s1. The molecule has 1 atom stereocenters. The lowest BCUT2D eigenvalue weighted by atomic mass is 10.3. The molecular formula is C14H19N3O6S. The number of ether oxygens (including phenoxy) is 1. The molecule has 0 fully saturated rings. The Bertz CT molecular complexity index is 715. The van der Waals surface area contributed by atoms with E-state index < -0.39 is 28.0 Å². The van der Waals surface area contributed by atoms with Gasteiger partial charge in [-0.25, -0.2) is 13.1 Å². The number of benzene rings is 1. The number of hydrogen-bond donors (Lipinski definition) is 3. The number of esters is 1. The normalized spacial score (nSPS) is 12.2. The van der Waals surface area contributed by atoms with Crippen LogP contribution in [0.25, 0.3) is 0 Å². The fourth-order valence-electron chi connectivity index (χ4n) is 1.61. The van der Waals surface area contributed by atoms with Crippen molar-refractivity contribution in [3.8, 4) is 0 Å². The summed E-state index contributed by atoms with van der Waals surface area (Å²) in [6.45, 7) is 2.46. The average Bonchev–Trinajstić information content (AvgIpc) is 2.46. The predicted molar refractivity (Wildman–Crippen MR) is 85.3 cm³/mol. The maximum absolute atomic E-state index is 12.1. The van der Waals surface area contributed by atoms with Crippen LogP contribution in [0.4, 0.5) is 5.69 Å². The van der Waals surface area contributed by atoms with Crippen LogP contribution in [0.3, 0.4) is 0 Å². The van der Waals surface area contributed by atoms with Gasteiger partial charge >= 0.3 is 5.97 Å². The first kappa shape index (κ1) is 19.6. The van der Waals surface area contributed by atoms with Gasteiger partial charge in [-0.3, -0.25) is 14.4 Å². The van der Waals surface area contributed by atoms with Crippen molar-refractivity contribution in [3.05, 3.63) is 24.3 Å². The summed E-state index contributed by atoms with van der Waals surface area (Å²) in [5.41, 5.74) is 5.41. The molecule has 4 N–H and O–H groups in total. The fraction of sp³-hybridized carbons (Fsp3) is 0.357. The van der Waals surface area contributed by atoms with Crippen molar-refractivity contribution >= 4 is 33.5 Å². The Morgan fingerprint density at radius 2 is 1.79 bits per heavy atom. The maximum Gasteiger partial charge on any atom is 0.307 e. The van der Waals surface area contributed by atoms with E-state index in [0.717, 1.165) is 0 Å². The van der Waals surface area contributed by atoms with Gasteiger partial charge in [-0.15, -0.1) is 0 Å². The number of primary amides is 1. The lowest BCUT2D eigenvalue weighted by molar-refractivity contribution is -0.153. The number of hydrogen-bond acceptors (Lipinski definition) is 6. The number of rotatable bonds is 8. The fourth-order valence-corrected chi connectivity index (χ4v) is 2.64. The van der Waals surface area contributed by atoms with Crippen molar-refractivity contribution < 1.29 is 27.5 Å². The van der Waals surface area contributed by atoms with Crippen LogP contribution in [0, 0.1) is 0 Å². The summed E-state index contributed by atoms with van der Waals surface area (Å²) in [6, 6.07) is 5.53. The third-order valence-corrected chi connectivity index (χ3v) is 4.29. The molecule has 1 aromatic carbocycles. The van der Waals surface area contributed by atoms with Gasteiger partial charge in [0, 0.05) is 19.2 Å². The van der Waals surface area contributed by atoms with Crippen LogP contribution >= 0.6 is 0 Å². The zero-order valence-electron chi connectivity index (χ0n) is 13.2. The van der Waals surface area contributed by atoms with Crippen LogP contribution in [0.15, 0.2) is 29.2 Å². The summed E-state index contributed by atoms with van der Waals surface area (Å²) >= 11 is 0. The van der Waals surface area contributed by atoms with Gasteiger partial charge in [0.15, 0.2) is 6.10 Å². The molecule has 0 saturated heterocycles. The van der Waals surface area contributed by atoms with E-state index in [9.17, 15) is 22.8 Å². The second-order valence-corrected chi connectivity index (χ2v) is 6.65. The molecule has 0 radical (unpaired) electrons. The number of nitrogens with two attached hydrogens (primary N) is 1. The van der Waals surface area contributed by atoms with Crippen LogP contribution in [-0.4, -0.2) is 38.9 Å². The molecule has 0 aliphatic heterocycles. The molecule has 2 amide bonds. The monoisotopic (exact) mass is 357 g/mol. The minimum Gasteiger partial charge on any atom is -0.453 e. The van der Waals surface area contributed by atoms with Crippen molar-refractivity contribution in [1.29, 1.82) is 0 Å². The molecule has 132 valence electrons. The highest BCUT2D eigenvalue weighted by molar-refractivity contribution is 7.89. The number of sulfonamides is 1. The molecule has 0 aliphatic carbocycles. The molecule has 10 heteroatoms. The molecule has 0 bridgehead atoms. The summed E-state index contributed by atoms with van der Waals surface area (Å²) < 4.78 is 31.0. The van der Waals surface area contributed by atoms with Gasteiger partial charge in [-0.05, 0) is 31.2 Å². The van der Waals surface area contributed by atoms with Gasteiger partial charge in [-0.2, -0.15) is 0 Å². The van der Waals surface area contributed by atoms with Crippen molar-refractivity contribution in [2.75, 3.05) is 11.9 Å². The molecule has 0 aliphatic rings.